The molecule has 1 atom stereocenters. The van der Waals surface area contributed by atoms with E-state index in [9.17, 15) is 9.59 Å². The molecule has 0 spiro atoms. The number of hydrogen-bond acceptors (Lipinski definition) is 4. The van der Waals surface area contributed by atoms with Gasteiger partial charge < -0.3 is 14.6 Å². The Kier molecular flexibility index (Phi) is 5.05. The number of aromatic nitrogens is 1. The van der Waals surface area contributed by atoms with E-state index in [0.717, 1.165) is 5.56 Å². The third kappa shape index (κ3) is 3.60. The van der Waals surface area contributed by atoms with Crippen LogP contribution < -0.4 is 5.32 Å². The molecular formula is C21H20ClN3O3. The van der Waals surface area contributed by atoms with E-state index in [1.807, 2.05) is 31.2 Å². The summed E-state index contributed by atoms with van der Waals surface area (Å²) in [5.41, 5.74) is 2.74. The molecule has 6 nitrogen and oxygen atoms in total. The Morgan fingerprint density at radius 1 is 1.32 bits per heavy atom. The lowest BCUT2D eigenvalue weighted by Gasteiger charge is -2.34. The number of hydrogen-bond donors (Lipinski definition) is 1. The summed E-state index contributed by atoms with van der Waals surface area (Å²) >= 11 is 6.03. The highest BCUT2D eigenvalue weighted by Gasteiger charge is 2.32. The number of benzene rings is 2. The van der Waals surface area contributed by atoms with Crippen molar-refractivity contribution in [2.45, 2.75) is 25.8 Å². The molecule has 0 aliphatic carbocycles. The molecule has 1 aliphatic rings. The Labute approximate surface area is 167 Å². The molecule has 1 saturated heterocycles. The molecule has 0 bridgehead atoms. The van der Waals surface area contributed by atoms with Crippen molar-refractivity contribution >= 4 is 34.5 Å². The van der Waals surface area contributed by atoms with Crippen molar-refractivity contribution in [2.24, 2.45) is 0 Å². The molecule has 7 heteroatoms. The normalized spacial score (nSPS) is 17.0. The molecule has 2 heterocycles. The van der Waals surface area contributed by atoms with Crippen LogP contribution in [0.25, 0.3) is 11.1 Å². The smallest absolute Gasteiger partial charge is 0.254 e. The van der Waals surface area contributed by atoms with Gasteiger partial charge in [0.05, 0.1) is 0 Å². The molecule has 4 rings (SSSR count). The molecule has 2 aromatic carbocycles. The fourth-order valence-corrected chi connectivity index (χ4v) is 3.74. The van der Waals surface area contributed by atoms with Crippen LogP contribution in [0.1, 0.15) is 35.2 Å². The van der Waals surface area contributed by atoms with E-state index in [1.165, 1.54) is 0 Å². The van der Waals surface area contributed by atoms with Crippen molar-refractivity contribution in [1.82, 2.24) is 15.2 Å². The lowest BCUT2D eigenvalue weighted by molar-refractivity contribution is -0.127. The van der Waals surface area contributed by atoms with Gasteiger partial charge in [0.2, 0.25) is 5.91 Å². The molecule has 0 unspecified atom stereocenters. The minimum absolute atomic E-state index is 0.105. The molecule has 2 amide bonds. The first kappa shape index (κ1) is 18.5. The molecule has 28 heavy (non-hydrogen) atoms. The predicted octanol–water partition coefficient (Wildman–Crippen LogP) is 3.42. The quantitative estimate of drug-likeness (QED) is 0.731. The monoisotopic (exact) mass is 397 g/mol. The second kappa shape index (κ2) is 7.64. The van der Waals surface area contributed by atoms with E-state index >= 15 is 0 Å². The van der Waals surface area contributed by atoms with Gasteiger partial charge in [0.25, 0.3) is 5.91 Å². The molecule has 0 radical (unpaired) electrons. The molecule has 1 N–H and O–H groups in total. The fraction of sp³-hybridized carbons (Fsp3) is 0.286. The van der Waals surface area contributed by atoms with Gasteiger partial charge in [0, 0.05) is 30.1 Å². The summed E-state index contributed by atoms with van der Waals surface area (Å²) < 4.78 is 5.86. The summed E-state index contributed by atoms with van der Waals surface area (Å²) in [6.45, 7) is 2.87. The van der Waals surface area contributed by atoms with Crippen molar-refractivity contribution in [3.8, 4) is 0 Å². The SMILES string of the molecule is CC[C@@H]1C(=O)NCCN1C(=O)c1ccc2nc(Cc3cccc(Cl)c3)oc2c1. The number of oxazole rings is 1. The maximum Gasteiger partial charge on any atom is 0.254 e. The second-order valence-electron chi connectivity index (χ2n) is 6.81. The predicted molar refractivity (Wildman–Crippen MR) is 106 cm³/mol. The van der Waals surface area contributed by atoms with Gasteiger partial charge in [-0.05, 0) is 42.3 Å². The van der Waals surface area contributed by atoms with Gasteiger partial charge in [0.1, 0.15) is 11.6 Å². The minimum Gasteiger partial charge on any atom is -0.440 e. The van der Waals surface area contributed by atoms with Crippen LogP contribution in [0.5, 0.6) is 0 Å². The van der Waals surface area contributed by atoms with Crippen LogP contribution in [0.2, 0.25) is 5.02 Å². The Bertz CT molecular complexity index is 1050. The number of halogens is 1. The first-order valence-electron chi connectivity index (χ1n) is 9.27. The van der Waals surface area contributed by atoms with E-state index in [1.54, 1.807) is 23.1 Å². The first-order chi connectivity index (χ1) is 13.5. The molecule has 3 aromatic rings. The summed E-state index contributed by atoms with van der Waals surface area (Å²) in [6.07, 6.45) is 1.09. The molecule has 0 saturated carbocycles. The average molecular weight is 398 g/mol. The third-order valence-corrected chi connectivity index (χ3v) is 5.14. The molecule has 1 aliphatic heterocycles. The highest BCUT2D eigenvalue weighted by Crippen LogP contribution is 2.22. The third-order valence-electron chi connectivity index (χ3n) is 4.90. The zero-order valence-corrected chi connectivity index (χ0v) is 16.2. The number of rotatable bonds is 4. The maximum atomic E-state index is 13.0. The van der Waals surface area contributed by atoms with Crippen LogP contribution in [0.15, 0.2) is 46.9 Å². The summed E-state index contributed by atoms with van der Waals surface area (Å²) in [7, 11) is 0. The lowest BCUT2D eigenvalue weighted by Crippen LogP contribution is -2.56. The molecular weight excluding hydrogens is 378 g/mol. The summed E-state index contributed by atoms with van der Waals surface area (Å²) in [5, 5.41) is 3.47. The van der Waals surface area contributed by atoms with Gasteiger partial charge in [-0.15, -0.1) is 0 Å². The largest absolute Gasteiger partial charge is 0.440 e. The Morgan fingerprint density at radius 3 is 2.96 bits per heavy atom. The van der Waals surface area contributed by atoms with Crippen molar-refractivity contribution < 1.29 is 14.0 Å². The maximum absolute atomic E-state index is 13.0. The standard InChI is InChI=1S/C21H20ClN3O3/c1-2-17-20(26)23-8-9-25(17)21(27)14-6-7-16-18(12-14)28-19(24-16)11-13-4-3-5-15(22)10-13/h3-7,10,12,17H,2,8-9,11H2,1H3,(H,23,26)/t17-/m1/s1. The summed E-state index contributed by atoms with van der Waals surface area (Å²) in [6, 6.07) is 12.3. The van der Waals surface area contributed by atoms with E-state index in [4.69, 9.17) is 16.0 Å². The second-order valence-corrected chi connectivity index (χ2v) is 7.25. The van der Waals surface area contributed by atoms with Gasteiger partial charge in [0.15, 0.2) is 11.5 Å². The zero-order chi connectivity index (χ0) is 19.7. The fourth-order valence-electron chi connectivity index (χ4n) is 3.53. The van der Waals surface area contributed by atoms with Crippen molar-refractivity contribution in [3.63, 3.8) is 0 Å². The number of piperazine rings is 1. The van der Waals surface area contributed by atoms with Crippen LogP contribution in [0, 0.1) is 0 Å². The zero-order valence-electron chi connectivity index (χ0n) is 15.4. The van der Waals surface area contributed by atoms with Crippen molar-refractivity contribution in [3.05, 3.63) is 64.5 Å². The number of nitrogens with one attached hydrogen (secondary N) is 1. The van der Waals surface area contributed by atoms with Crippen LogP contribution in [0.4, 0.5) is 0 Å². The van der Waals surface area contributed by atoms with Crippen LogP contribution >= 0.6 is 11.6 Å². The lowest BCUT2D eigenvalue weighted by atomic mass is 10.1. The van der Waals surface area contributed by atoms with Gasteiger partial charge in [-0.2, -0.15) is 0 Å². The van der Waals surface area contributed by atoms with E-state index in [2.05, 4.69) is 10.3 Å². The Balaban J connectivity index is 1.59. The number of carbonyl (C=O) groups excluding carboxylic acids is 2. The molecule has 1 fully saturated rings. The highest BCUT2D eigenvalue weighted by atomic mass is 35.5. The highest BCUT2D eigenvalue weighted by molar-refractivity contribution is 6.30. The summed E-state index contributed by atoms with van der Waals surface area (Å²) in [4.78, 5) is 31.1. The topological polar surface area (TPSA) is 75.4 Å². The minimum atomic E-state index is -0.440. The van der Waals surface area contributed by atoms with E-state index in [-0.39, 0.29) is 11.8 Å². The van der Waals surface area contributed by atoms with Gasteiger partial charge >= 0.3 is 0 Å². The molecule has 144 valence electrons. The Hall–Kier alpha value is -2.86. The van der Waals surface area contributed by atoms with Crippen LogP contribution in [0.3, 0.4) is 0 Å². The van der Waals surface area contributed by atoms with Crippen molar-refractivity contribution in [2.75, 3.05) is 13.1 Å². The number of amides is 2. The number of nitrogens with zero attached hydrogens (tertiary/aromatic N) is 2. The van der Waals surface area contributed by atoms with Crippen molar-refractivity contribution in [1.29, 1.82) is 0 Å². The van der Waals surface area contributed by atoms with Crippen LogP contribution in [-0.2, 0) is 11.2 Å². The number of fused-ring (bicyclic) bond motifs is 1. The molecule has 1 aromatic heterocycles. The Morgan fingerprint density at radius 2 is 2.18 bits per heavy atom. The van der Waals surface area contributed by atoms with Gasteiger partial charge in [-0.25, -0.2) is 4.98 Å². The average Bonchev–Trinajstić information content (AvgIpc) is 3.08. The van der Waals surface area contributed by atoms with Crippen LogP contribution in [-0.4, -0.2) is 40.8 Å². The number of carbonyl (C=O) groups is 2. The van der Waals surface area contributed by atoms with E-state index < -0.39 is 6.04 Å². The van der Waals surface area contributed by atoms with Gasteiger partial charge in [-0.3, -0.25) is 9.59 Å². The van der Waals surface area contributed by atoms with Gasteiger partial charge in [-0.1, -0.05) is 30.7 Å². The van der Waals surface area contributed by atoms with E-state index in [0.29, 0.717) is 53.5 Å². The first-order valence-corrected chi connectivity index (χ1v) is 9.65. The summed E-state index contributed by atoms with van der Waals surface area (Å²) in [5.74, 6) is 0.286.